The number of aliphatic carboxylic acids is 1. The third kappa shape index (κ3) is 5.97. The maximum absolute atomic E-state index is 14.2. The molecule has 2 N–H and O–H groups in total. The van der Waals surface area contributed by atoms with Gasteiger partial charge in [0, 0.05) is 12.1 Å². The van der Waals surface area contributed by atoms with Gasteiger partial charge in [-0.2, -0.15) is 0 Å². The molecule has 1 aromatic heterocycles. The Hall–Kier alpha value is -3.32. The number of carbonyl (C=O) groups is 1. The number of halogens is 1. The van der Waals surface area contributed by atoms with Gasteiger partial charge in [-0.1, -0.05) is 37.3 Å². The third-order valence-electron chi connectivity index (χ3n) is 6.23. The van der Waals surface area contributed by atoms with Gasteiger partial charge in [0.05, 0.1) is 24.9 Å². The number of aromatic nitrogens is 2. The molecule has 0 saturated heterocycles. The first-order valence-electron chi connectivity index (χ1n) is 11.8. The van der Waals surface area contributed by atoms with Crippen molar-refractivity contribution in [1.29, 1.82) is 0 Å². The van der Waals surface area contributed by atoms with Crippen LogP contribution in [0.2, 0.25) is 0 Å². The Labute approximate surface area is 199 Å². The first-order valence-corrected chi connectivity index (χ1v) is 11.8. The van der Waals surface area contributed by atoms with Gasteiger partial charge in [-0.25, -0.2) is 14.4 Å². The quantitative estimate of drug-likeness (QED) is 0.393. The highest BCUT2D eigenvalue weighted by molar-refractivity contribution is 5.68. The highest BCUT2D eigenvalue weighted by atomic mass is 19.1. The summed E-state index contributed by atoms with van der Waals surface area (Å²) < 4.78 is 20.0. The fourth-order valence-corrected chi connectivity index (χ4v) is 4.34. The van der Waals surface area contributed by atoms with Gasteiger partial charge >= 0.3 is 5.97 Å². The van der Waals surface area contributed by atoms with E-state index in [2.05, 4.69) is 22.2 Å². The minimum atomic E-state index is -0.755. The second-order valence-electron chi connectivity index (χ2n) is 8.61. The number of nitrogens with one attached hydrogen (secondary N) is 1. The average Bonchev–Trinajstić information content (AvgIpc) is 3.23. The molecule has 178 valence electrons. The van der Waals surface area contributed by atoms with E-state index in [1.165, 1.54) is 17.3 Å². The molecule has 0 radical (unpaired) electrons. The van der Waals surface area contributed by atoms with E-state index in [1.54, 1.807) is 0 Å². The summed E-state index contributed by atoms with van der Waals surface area (Å²) in [6.45, 7) is 3.61. The lowest BCUT2D eigenvalue weighted by Crippen LogP contribution is -2.19. The lowest BCUT2D eigenvalue weighted by Gasteiger charge is -2.11. The Balaban J connectivity index is 1.23. The molecule has 4 rings (SSSR count). The van der Waals surface area contributed by atoms with Gasteiger partial charge in [-0.05, 0) is 67.0 Å². The molecule has 0 amide bonds. The van der Waals surface area contributed by atoms with Crippen LogP contribution in [0.4, 0.5) is 4.39 Å². The van der Waals surface area contributed by atoms with Gasteiger partial charge in [0.2, 0.25) is 0 Å². The molecule has 2 aromatic carbocycles. The van der Waals surface area contributed by atoms with E-state index in [0.717, 1.165) is 42.6 Å². The van der Waals surface area contributed by atoms with E-state index in [0.29, 0.717) is 31.2 Å². The van der Waals surface area contributed by atoms with Gasteiger partial charge in [0.1, 0.15) is 5.75 Å². The largest absolute Gasteiger partial charge is 0.494 e. The first-order chi connectivity index (χ1) is 16.5. The summed E-state index contributed by atoms with van der Waals surface area (Å²) in [6, 6.07) is 13.9. The van der Waals surface area contributed by atoms with E-state index >= 15 is 0 Å². The standard InChI is InChI=1S/C27H30FN3O3/c1-2-18-4-6-19(7-5-18)27-30-16-24(28)25(31-27)17-29-12-3-13-34-22-10-11-23-20(14-22)8-9-21(23)15-26(32)33/h4-7,10-11,14,16,21,29H,2-3,8-9,12-13,15,17H2,1H3,(H,32,33)/t21-/m0/s1. The summed E-state index contributed by atoms with van der Waals surface area (Å²) in [5, 5.41) is 12.3. The number of carboxylic acid groups (broad SMARTS) is 1. The molecule has 7 heteroatoms. The molecule has 1 atom stereocenters. The van der Waals surface area contributed by atoms with Crippen molar-refractivity contribution in [2.24, 2.45) is 0 Å². The molecule has 0 unspecified atom stereocenters. The van der Waals surface area contributed by atoms with Crippen molar-refractivity contribution in [1.82, 2.24) is 15.3 Å². The van der Waals surface area contributed by atoms with Crippen LogP contribution in [-0.2, 0) is 24.2 Å². The van der Waals surface area contributed by atoms with Crippen molar-refractivity contribution >= 4 is 5.97 Å². The summed E-state index contributed by atoms with van der Waals surface area (Å²) in [4.78, 5) is 19.6. The van der Waals surface area contributed by atoms with Crippen LogP contribution >= 0.6 is 0 Å². The van der Waals surface area contributed by atoms with Crippen LogP contribution in [0, 0.1) is 5.82 Å². The predicted molar refractivity (Wildman–Crippen MR) is 128 cm³/mol. The smallest absolute Gasteiger partial charge is 0.303 e. The lowest BCUT2D eigenvalue weighted by atomic mass is 9.98. The monoisotopic (exact) mass is 463 g/mol. The van der Waals surface area contributed by atoms with Crippen molar-refractivity contribution in [3.8, 4) is 17.1 Å². The molecule has 34 heavy (non-hydrogen) atoms. The number of fused-ring (bicyclic) bond motifs is 1. The lowest BCUT2D eigenvalue weighted by molar-refractivity contribution is -0.137. The van der Waals surface area contributed by atoms with Crippen LogP contribution < -0.4 is 10.1 Å². The highest BCUT2D eigenvalue weighted by Crippen LogP contribution is 2.37. The van der Waals surface area contributed by atoms with Gasteiger partial charge in [0.25, 0.3) is 0 Å². The number of ether oxygens (including phenoxy) is 1. The van der Waals surface area contributed by atoms with Crippen LogP contribution in [0.15, 0.2) is 48.7 Å². The number of aryl methyl sites for hydroxylation is 2. The SMILES string of the molecule is CCc1ccc(-c2ncc(F)c(CNCCCOc3ccc4c(c3)CC[C@H]4CC(=O)O)n2)cc1. The van der Waals surface area contributed by atoms with E-state index in [1.807, 2.05) is 42.5 Å². The zero-order valence-electron chi connectivity index (χ0n) is 19.4. The van der Waals surface area contributed by atoms with E-state index in [4.69, 9.17) is 9.84 Å². The number of carboxylic acids is 1. The number of nitrogens with zero attached hydrogens (tertiary/aromatic N) is 2. The molecule has 0 fully saturated rings. The zero-order chi connectivity index (χ0) is 23.9. The van der Waals surface area contributed by atoms with Crippen molar-refractivity contribution in [2.45, 2.75) is 51.5 Å². The summed E-state index contributed by atoms with van der Waals surface area (Å²) in [5.74, 6) is 0.247. The molecule has 6 nitrogen and oxygen atoms in total. The molecule has 1 aliphatic carbocycles. The van der Waals surface area contributed by atoms with Crippen LogP contribution in [-0.4, -0.2) is 34.2 Å². The molecule has 0 spiro atoms. The molecule has 0 saturated carbocycles. The van der Waals surface area contributed by atoms with E-state index in [-0.39, 0.29) is 12.3 Å². The minimum Gasteiger partial charge on any atom is -0.494 e. The van der Waals surface area contributed by atoms with E-state index < -0.39 is 11.8 Å². The van der Waals surface area contributed by atoms with Crippen LogP contribution in [0.5, 0.6) is 5.75 Å². The van der Waals surface area contributed by atoms with Gasteiger partial charge in [-0.15, -0.1) is 0 Å². The molecule has 0 bridgehead atoms. The summed E-state index contributed by atoms with van der Waals surface area (Å²) in [5.41, 5.74) is 4.76. The topological polar surface area (TPSA) is 84.3 Å². The molecule has 0 aliphatic heterocycles. The van der Waals surface area contributed by atoms with Crippen molar-refractivity contribution in [3.63, 3.8) is 0 Å². The second-order valence-corrected chi connectivity index (χ2v) is 8.61. The minimum absolute atomic E-state index is 0.101. The third-order valence-corrected chi connectivity index (χ3v) is 6.23. The van der Waals surface area contributed by atoms with Crippen LogP contribution in [0.25, 0.3) is 11.4 Å². The average molecular weight is 464 g/mol. The number of benzene rings is 2. The van der Waals surface area contributed by atoms with E-state index in [9.17, 15) is 9.18 Å². The van der Waals surface area contributed by atoms with Crippen molar-refractivity contribution < 1.29 is 19.0 Å². The van der Waals surface area contributed by atoms with Crippen molar-refractivity contribution in [3.05, 3.63) is 76.9 Å². The molecule has 1 aliphatic rings. The normalized spacial score (nSPS) is 14.7. The maximum atomic E-state index is 14.2. The molecule has 3 aromatic rings. The van der Waals surface area contributed by atoms with Crippen LogP contribution in [0.3, 0.4) is 0 Å². The van der Waals surface area contributed by atoms with Gasteiger partial charge in [-0.3, -0.25) is 4.79 Å². The highest BCUT2D eigenvalue weighted by Gasteiger charge is 2.24. The Bertz CT molecular complexity index is 1130. The Morgan fingerprint density at radius 1 is 1.24 bits per heavy atom. The second kappa shape index (κ2) is 11.2. The number of hydrogen-bond acceptors (Lipinski definition) is 5. The Morgan fingerprint density at radius 2 is 2.06 bits per heavy atom. The molecular weight excluding hydrogens is 433 g/mol. The fourth-order valence-electron chi connectivity index (χ4n) is 4.34. The Kier molecular flexibility index (Phi) is 7.85. The summed E-state index contributed by atoms with van der Waals surface area (Å²) in [7, 11) is 0. The van der Waals surface area contributed by atoms with Crippen molar-refractivity contribution in [2.75, 3.05) is 13.2 Å². The van der Waals surface area contributed by atoms with Gasteiger partial charge in [0.15, 0.2) is 11.6 Å². The summed E-state index contributed by atoms with van der Waals surface area (Å²) in [6.07, 6.45) is 4.89. The number of hydrogen-bond donors (Lipinski definition) is 2. The predicted octanol–water partition coefficient (Wildman–Crippen LogP) is 4.91. The molecule has 1 heterocycles. The zero-order valence-corrected chi connectivity index (χ0v) is 19.4. The number of rotatable bonds is 11. The molecular formula is C27H30FN3O3. The summed E-state index contributed by atoms with van der Waals surface area (Å²) >= 11 is 0. The van der Waals surface area contributed by atoms with Crippen LogP contribution in [0.1, 0.15) is 54.5 Å². The first kappa shape index (κ1) is 23.8. The Morgan fingerprint density at radius 3 is 2.82 bits per heavy atom. The van der Waals surface area contributed by atoms with Gasteiger partial charge < -0.3 is 15.2 Å². The maximum Gasteiger partial charge on any atom is 0.303 e. The fraction of sp³-hybridized carbons (Fsp3) is 0.370.